The van der Waals surface area contributed by atoms with Gasteiger partial charge in [0, 0.05) is 5.56 Å². The molecule has 3 aromatic rings. The van der Waals surface area contributed by atoms with Gasteiger partial charge in [-0.2, -0.15) is 0 Å². The molecule has 1 fully saturated rings. The Morgan fingerprint density at radius 2 is 2.03 bits per heavy atom. The molecule has 0 saturated heterocycles. The summed E-state index contributed by atoms with van der Waals surface area (Å²) in [7, 11) is 0. The number of carboxylic acids is 1. The van der Waals surface area contributed by atoms with Gasteiger partial charge in [-0.05, 0) is 73.9 Å². The van der Waals surface area contributed by atoms with Gasteiger partial charge in [0.25, 0.3) is 0 Å². The maximum Gasteiger partial charge on any atom is 0.306 e. The highest BCUT2D eigenvalue weighted by Gasteiger charge is 2.19. The van der Waals surface area contributed by atoms with E-state index in [4.69, 9.17) is 4.74 Å². The van der Waals surface area contributed by atoms with Crippen LogP contribution in [0.1, 0.15) is 49.6 Å². The molecule has 0 radical (unpaired) electrons. The Balaban J connectivity index is 1.68. The fourth-order valence-electron chi connectivity index (χ4n) is 4.34. The predicted molar refractivity (Wildman–Crippen MR) is 122 cm³/mol. The number of carbonyl (C=O) groups is 1. The third-order valence-corrected chi connectivity index (χ3v) is 7.06. The summed E-state index contributed by atoms with van der Waals surface area (Å²) >= 11 is 1.69. The fourth-order valence-corrected chi connectivity index (χ4v) is 5.20. The quantitative estimate of drug-likeness (QED) is 0.450. The molecule has 30 heavy (non-hydrogen) atoms. The summed E-state index contributed by atoms with van der Waals surface area (Å²) in [5.41, 5.74) is 4.19. The third kappa shape index (κ3) is 4.67. The molecule has 1 atom stereocenters. The van der Waals surface area contributed by atoms with Crippen LogP contribution in [0.4, 0.5) is 0 Å². The molecule has 0 amide bonds. The Morgan fingerprint density at radius 1 is 1.23 bits per heavy atom. The molecule has 1 heterocycles. The average molecular weight is 424 g/mol. The van der Waals surface area contributed by atoms with E-state index >= 15 is 0 Å². The summed E-state index contributed by atoms with van der Waals surface area (Å²) in [5.74, 6) is 0.423. The van der Waals surface area contributed by atoms with Crippen molar-refractivity contribution in [3.05, 3.63) is 47.0 Å². The van der Waals surface area contributed by atoms with Crippen molar-refractivity contribution in [3.8, 4) is 16.9 Å². The second-order valence-electron chi connectivity index (χ2n) is 8.35. The van der Waals surface area contributed by atoms with Crippen LogP contribution in [0.25, 0.3) is 21.3 Å². The first kappa shape index (κ1) is 20.9. The number of fused-ring (bicyclic) bond motifs is 1. The van der Waals surface area contributed by atoms with E-state index in [1.165, 1.54) is 25.7 Å². The summed E-state index contributed by atoms with van der Waals surface area (Å²) in [6, 6.07) is 12.5. The van der Waals surface area contributed by atoms with Crippen LogP contribution in [-0.2, 0) is 11.2 Å². The van der Waals surface area contributed by atoms with Gasteiger partial charge in [0.2, 0.25) is 0 Å². The molecule has 1 saturated carbocycles. The van der Waals surface area contributed by atoms with Crippen molar-refractivity contribution < 1.29 is 14.6 Å². The van der Waals surface area contributed by atoms with Crippen LogP contribution >= 0.6 is 11.3 Å². The second kappa shape index (κ2) is 9.17. The van der Waals surface area contributed by atoms with Crippen LogP contribution in [0.3, 0.4) is 0 Å². The molecule has 0 bridgehead atoms. The Kier molecular flexibility index (Phi) is 6.38. The van der Waals surface area contributed by atoms with Crippen molar-refractivity contribution in [1.29, 1.82) is 0 Å². The first-order valence-electron chi connectivity index (χ1n) is 10.9. The molecule has 1 aliphatic rings. The maximum absolute atomic E-state index is 11.5. The molecule has 0 aliphatic heterocycles. The summed E-state index contributed by atoms with van der Waals surface area (Å²) in [4.78, 5) is 16.1. The number of hydrogen-bond donors (Lipinski definition) is 1. The number of hydrogen-bond acceptors (Lipinski definition) is 4. The van der Waals surface area contributed by atoms with Crippen molar-refractivity contribution in [1.82, 2.24) is 4.98 Å². The molecule has 1 aliphatic carbocycles. The lowest BCUT2D eigenvalue weighted by Gasteiger charge is -2.17. The molecule has 158 valence electrons. The van der Waals surface area contributed by atoms with Crippen molar-refractivity contribution in [2.75, 3.05) is 6.61 Å². The highest BCUT2D eigenvalue weighted by Crippen LogP contribution is 2.36. The van der Waals surface area contributed by atoms with Gasteiger partial charge in [0.15, 0.2) is 0 Å². The zero-order valence-corrected chi connectivity index (χ0v) is 18.5. The predicted octanol–water partition coefficient (Wildman–Crippen LogP) is 6.49. The fraction of sp³-hybridized carbons (Fsp3) is 0.440. The largest absolute Gasteiger partial charge is 0.493 e. The number of aryl methyl sites for hydroxylation is 1. The van der Waals surface area contributed by atoms with Gasteiger partial charge in [-0.25, -0.2) is 4.98 Å². The minimum absolute atomic E-state index is 0.366. The summed E-state index contributed by atoms with van der Waals surface area (Å²) in [6.07, 6.45) is 6.25. The van der Waals surface area contributed by atoms with Crippen LogP contribution in [0.2, 0.25) is 0 Å². The van der Waals surface area contributed by atoms with Crippen molar-refractivity contribution in [2.45, 2.75) is 52.4 Å². The van der Waals surface area contributed by atoms with Gasteiger partial charge in [0.05, 0.1) is 27.7 Å². The lowest BCUT2D eigenvalue weighted by molar-refractivity contribution is -0.141. The third-order valence-electron chi connectivity index (χ3n) is 6.12. The Bertz CT molecular complexity index is 1040. The molecule has 2 aromatic carbocycles. The summed E-state index contributed by atoms with van der Waals surface area (Å²) in [5, 5.41) is 10.5. The van der Waals surface area contributed by atoms with Crippen molar-refractivity contribution in [2.24, 2.45) is 11.8 Å². The van der Waals surface area contributed by atoms with Crippen molar-refractivity contribution in [3.63, 3.8) is 0 Å². The number of carboxylic acid groups (broad SMARTS) is 1. The normalized spacial score (nSPS) is 15.5. The highest BCUT2D eigenvalue weighted by molar-refractivity contribution is 7.18. The Morgan fingerprint density at radius 3 is 2.77 bits per heavy atom. The van der Waals surface area contributed by atoms with E-state index in [2.05, 4.69) is 29.2 Å². The average Bonchev–Trinajstić information content (AvgIpc) is 3.38. The molecule has 5 heteroatoms. The van der Waals surface area contributed by atoms with Crippen molar-refractivity contribution >= 4 is 27.5 Å². The van der Waals surface area contributed by atoms with E-state index in [9.17, 15) is 9.90 Å². The number of nitrogens with zero attached hydrogens (tertiary/aromatic N) is 1. The van der Waals surface area contributed by atoms with Gasteiger partial charge in [-0.3, -0.25) is 4.79 Å². The Hall–Kier alpha value is -2.40. The molecule has 1 aromatic heterocycles. The standard InChI is InChI=1S/C25H29NO3S/c1-3-19(25(27)28)12-18-8-11-23(29-15-17-6-4-5-7-17)21(13-18)20-9-10-22-24(14-20)30-16(2)26-22/h8-11,13-14,17,19H,3-7,12,15H2,1-2H3,(H,27,28). The SMILES string of the molecule is CCC(Cc1ccc(OCC2CCCC2)c(-c2ccc3nc(C)sc3c2)c1)C(=O)O. The number of rotatable bonds is 8. The van der Waals surface area contributed by atoms with E-state index in [0.29, 0.717) is 18.8 Å². The van der Waals surface area contributed by atoms with E-state index in [1.54, 1.807) is 11.3 Å². The van der Waals surface area contributed by atoms with Gasteiger partial charge in [0.1, 0.15) is 5.75 Å². The Labute approximate surface area is 181 Å². The lowest BCUT2D eigenvalue weighted by Crippen LogP contribution is -2.15. The maximum atomic E-state index is 11.5. The number of ether oxygens (including phenoxy) is 1. The first-order valence-corrected chi connectivity index (χ1v) is 11.7. The minimum atomic E-state index is -0.734. The van der Waals surface area contributed by atoms with E-state index in [1.807, 2.05) is 26.0 Å². The topological polar surface area (TPSA) is 59.4 Å². The number of benzene rings is 2. The monoisotopic (exact) mass is 423 g/mol. The van der Waals surface area contributed by atoms with Gasteiger partial charge in [-0.15, -0.1) is 11.3 Å². The number of thiazole rings is 1. The van der Waals surface area contributed by atoms with E-state index in [-0.39, 0.29) is 5.92 Å². The van der Waals surface area contributed by atoms with Crippen LogP contribution in [0.5, 0.6) is 5.75 Å². The molecule has 1 unspecified atom stereocenters. The zero-order chi connectivity index (χ0) is 21.1. The van der Waals surface area contributed by atoms with E-state index < -0.39 is 5.97 Å². The molecule has 0 spiro atoms. The van der Waals surface area contributed by atoms with Crippen LogP contribution in [0.15, 0.2) is 36.4 Å². The number of aliphatic carboxylic acids is 1. The zero-order valence-electron chi connectivity index (χ0n) is 17.7. The first-order chi connectivity index (χ1) is 14.5. The molecule has 1 N–H and O–H groups in total. The van der Waals surface area contributed by atoms with Crippen LogP contribution in [0, 0.1) is 18.8 Å². The lowest BCUT2D eigenvalue weighted by atomic mass is 9.94. The smallest absolute Gasteiger partial charge is 0.306 e. The number of aromatic nitrogens is 1. The van der Waals surface area contributed by atoms with E-state index in [0.717, 1.165) is 44.3 Å². The van der Waals surface area contributed by atoms with Crippen LogP contribution in [-0.4, -0.2) is 22.7 Å². The second-order valence-corrected chi connectivity index (χ2v) is 9.59. The minimum Gasteiger partial charge on any atom is -0.493 e. The summed E-state index contributed by atoms with van der Waals surface area (Å²) < 4.78 is 7.46. The molecular formula is C25H29NO3S. The van der Waals surface area contributed by atoms with Gasteiger partial charge >= 0.3 is 5.97 Å². The molecule has 4 rings (SSSR count). The van der Waals surface area contributed by atoms with Gasteiger partial charge in [-0.1, -0.05) is 31.9 Å². The van der Waals surface area contributed by atoms with Gasteiger partial charge < -0.3 is 9.84 Å². The van der Waals surface area contributed by atoms with Crippen LogP contribution < -0.4 is 4.74 Å². The summed E-state index contributed by atoms with van der Waals surface area (Å²) in [6.45, 7) is 4.71. The highest BCUT2D eigenvalue weighted by atomic mass is 32.1. The molecular weight excluding hydrogens is 394 g/mol. The molecule has 4 nitrogen and oxygen atoms in total.